The number of para-hydroxylation sites is 2. The van der Waals surface area contributed by atoms with Gasteiger partial charge >= 0.3 is 0 Å². The quantitative estimate of drug-likeness (QED) is 0.209. The predicted octanol–water partition coefficient (Wildman–Crippen LogP) is 10.6. The Labute approximate surface area is 256 Å². The van der Waals surface area contributed by atoms with Crippen molar-refractivity contribution in [2.75, 3.05) is 0 Å². The van der Waals surface area contributed by atoms with E-state index in [4.69, 9.17) is 4.74 Å². The molecule has 206 valence electrons. The van der Waals surface area contributed by atoms with E-state index in [0.29, 0.717) is 0 Å². The number of nitrogens with zero attached hydrogens (tertiary/aromatic N) is 1. The molecule has 2 heterocycles. The molecular weight excluding hydrogens is 534 g/mol. The van der Waals surface area contributed by atoms with Gasteiger partial charge in [-0.05, 0) is 92.0 Å². The number of aromatic nitrogens is 1. The third-order valence-electron chi connectivity index (χ3n) is 9.28. The predicted molar refractivity (Wildman–Crippen MR) is 178 cm³/mol. The molecule has 1 aliphatic heterocycles. The second-order valence-electron chi connectivity index (χ2n) is 11.5. The van der Waals surface area contributed by atoms with Crippen LogP contribution < -0.4 is 4.74 Å². The molecule has 44 heavy (non-hydrogen) atoms. The van der Waals surface area contributed by atoms with Crippen molar-refractivity contribution in [1.29, 1.82) is 0 Å². The Morgan fingerprint density at radius 2 is 0.841 bits per heavy atom. The van der Waals surface area contributed by atoms with Crippen LogP contribution in [0, 0.1) is 0 Å². The highest BCUT2D eigenvalue weighted by atomic mass is 16.5. The van der Waals surface area contributed by atoms with Crippen molar-refractivity contribution in [1.82, 2.24) is 4.98 Å². The van der Waals surface area contributed by atoms with Crippen LogP contribution in [-0.4, -0.2) is 4.98 Å². The van der Waals surface area contributed by atoms with Crippen LogP contribution in [-0.2, 0) is 5.41 Å². The van der Waals surface area contributed by atoms with E-state index in [2.05, 4.69) is 157 Å². The number of ether oxygens (including phenoxy) is 1. The van der Waals surface area contributed by atoms with E-state index in [1.807, 2.05) is 12.4 Å². The largest absolute Gasteiger partial charge is 0.457 e. The topological polar surface area (TPSA) is 22.1 Å². The lowest BCUT2D eigenvalue weighted by Crippen LogP contribution is -2.34. The van der Waals surface area contributed by atoms with Gasteiger partial charge in [-0.1, -0.05) is 115 Å². The first-order valence-corrected chi connectivity index (χ1v) is 15.0. The van der Waals surface area contributed by atoms with Gasteiger partial charge in [-0.25, -0.2) is 0 Å². The SMILES string of the molecule is c1ccc(-c2ccc3c(c2)C2(c4ccccc4Oc4ccccc42)c2cc(-c4ccncc4)ccc2-c2ccccc2-3)cc1. The monoisotopic (exact) mass is 561 g/mol. The van der Waals surface area contributed by atoms with E-state index < -0.39 is 5.41 Å². The lowest BCUT2D eigenvalue weighted by atomic mass is 9.61. The third kappa shape index (κ3) is 3.52. The van der Waals surface area contributed by atoms with Crippen LogP contribution in [0.1, 0.15) is 22.3 Å². The van der Waals surface area contributed by atoms with Crippen molar-refractivity contribution in [3.8, 4) is 56.0 Å². The van der Waals surface area contributed by atoms with Gasteiger partial charge in [0.1, 0.15) is 11.5 Å². The number of benzene rings is 6. The van der Waals surface area contributed by atoms with Gasteiger partial charge in [0.05, 0.1) is 5.41 Å². The Morgan fingerprint density at radius 3 is 1.41 bits per heavy atom. The third-order valence-corrected chi connectivity index (χ3v) is 9.28. The molecule has 0 bridgehead atoms. The molecule has 0 unspecified atom stereocenters. The molecule has 0 N–H and O–H groups in total. The summed E-state index contributed by atoms with van der Waals surface area (Å²) in [6.07, 6.45) is 3.74. The number of rotatable bonds is 2. The van der Waals surface area contributed by atoms with Crippen LogP contribution in [0.3, 0.4) is 0 Å². The Bertz CT molecular complexity index is 2040. The molecule has 2 heteroatoms. The van der Waals surface area contributed by atoms with E-state index in [9.17, 15) is 0 Å². The Kier molecular flexibility index (Phi) is 5.45. The molecule has 0 radical (unpaired) electrons. The lowest BCUT2D eigenvalue weighted by molar-refractivity contribution is 0.435. The van der Waals surface area contributed by atoms with Crippen LogP contribution in [0.5, 0.6) is 11.5 Å². The van der Waals surface area contributed by atoms with E-state index in [0.717, 1.165) is 33.8 Å². The molecular formula is C42H27NO. The molecule has 0 amide bonds. The second kappa shape index (κ2) is 9.65. The van der Waals surface area contributed by atoms with Crippen molar-refractivity contribution in [2.45, 2.75) is 5.41 Å². The zero-order chi connectivity index (χ0) is 29.1. The Morgan fingerprint density at radius 1 is 0.364 bits per heavy atom. The summed E-state index contributed by atoms with van der Waals surface area (Å²) in [6.45, 7) is 0. The van der Waals surface area contributed by atoms with Gasteiger partial charge in [0, 0.05) is 23.5 Å². The minimum atomic E-state index is -0.650. The number of hydrogen-bond acceptors (Lipinski definition) is 2. The number of fused-ring (bicyclic) bond motifs is 11. The molecule has 9 rings (SSSR count). The van der Waals surface area contributed by atoms with Crippen molar-refractivity contribution in [3.05, 3.63) is 186 Å². The van der Waals surface area contributed by atoms with Crippen LogP contribution in [0.15, 0.2) is 164 Å². The van der Waals surface area contributed by atoms with Crippen molar-refractivity contribution in [2.24, 2.45) is 0 Å². The first-order valence-electron chi connectivity index (χ1n) is 15.0. The molecule has 0 saturated heterocycles. The second-order valence-corrected chi connectivity index (χ2v) is 11.5. The summed E-state index contributed by atoms with van der Waals surface area (Å²) in [5.41, 5.74) is 13.7. The molecule has 1 aliphatic carbocycles. The maximum atomic E-state index is 6.67. The number of hydrogen-bond donors (Lipinski definition) is 0. The van der Waals surface area contributed by atoms with Gasteiger partial charge in [-0.15, -0.1) is 0 Å². The van der Waals surface area contributed by atoms with Crippen LogP contribution >= 0.6 is 0 Å². The first-order chi connectivity index (χ1) is 21.8. The number of pyridine rings is 1. The van der Waals surface area contributed by atoms with E-state index in [1.54, 1.807) is 0 Å². The fourth-order valence-electron chi connectivity index (χ4n) is 7.39. The highest BCUT2D eigenvalue weighted by Crippen LogP contribution is 2.61. The first kappa shape index (κ1) is 24.8. The van der Waals surface area contributed by atoms with Crippen LogP contribution in [0.25, 0.3) is 44.5 Å². The molecule has 2 aliphatic rings. The van der Waals surface area contributed by atoms with Gasteiger partial charge in [-0.3, -0.25) is 4.98 Å². The Balaban J connectivity index is 1.51. The minimum Gasteiger partial charge on any atom is -0.457 e. The smallest absolute Gasteiger partial charge is 0.132 e. The molecule has 0 saturated carbocycles. The molecule has 1 aromatic heterocycles. The summed E-state index contributed by atoms with van der Waals surface area (Å²) in [7, 11) is 0. The fraction of sp³-hybridized carbons (Fsp3) is 0.0238. The summed E-state index contributed by atoms with van der Waals surface area (Å²) in [4.78, 5) is 4.30. The molecule has 2 nitrogen and oxygen atoms in total. The molecule has 1 spiro atoms. The molecule has 7 aromatic rings. The van der Waals surface area contributed by atoms with Crippen LogP contribution in [0.4, 0.5) is 0 Å². The summed E-state index contributed by atoms with van der Waals surface area (Å²) >= 11 is 0. The summed E-state index contributed by atoms with van der Waals surface area (Å²) < 4.78 is 6.67. The van der Waals surface area contributed by atoms with E-state index in [-0.39, 0.29) is 0 Å². The van der Waals surface area contributed by atoms with Crippen molar-refractivity contribution in [3.63, 3.8) is 0 Å². The summed E-state index contributed by atoms with van der Waals surface area (Å²) in [5.74, 6) is 1.77. The maximum Gasteiger partial charge on any atom is 0.132 e. The highest BCUT2D eigenvalue weighted by Gasteiger charge is 2.49. The lowest BCUT2D eigenvalue weighted by Gasteiger charge is -2.42. The van der Waals surface area contributed by atoms with Crippen molar-refractivity contribution < 1.29 is 4.74 Å². The highest BCUT2D eigenvalue weighted by molar-refractivity contribution is 5.95. The fourth-order valence-corrected chi connectivity index (χ4v) is 7.39. The molecule has 0 fully saturated rings. The van der Waals surface area contributed by atoms with Gasteiger partial charge < -0.3 is 4.74 Å². The average Bonchev–Trinajstić information content (AvgIpc) is 3.20. The van der Waals surface area contributed by atoms with Crippen molar-refractivity contribution >= 4 is 0 Å². The molecule has 6 aromatic carbocycles. The standard InChI is InChI=1S/C42H27NO/c1-2-10-28(11-3-1)30-18-20-34-32-12-4-5-13-33(32)35-21-19-31(29-22-24-43-25-23-29)27-39(35)42(38(34)26-30)36-14-6-8-16-40(36)44-41-17-9-7-15-37(41)42/h1-27H. The van der Waals surface area contributed by atoms with Gasteiger partial charge in [0.25, 0.3) is 0 Å². The minimum absolute atomic E-state index is 0.650. The maximum absolute atomic E-state index is 6.67. The zero-order valence-corrected chi connectivity index (χ0v) is 23.9. The summed E-state index contributed by atoms with van der Waals surface area (Å²) in [6, 6.07) is 54.9. The molecule has 0 atom stereocenters. The van der Waals surface area contributed by atoms with Gasteiger partial charge in [-0.2, -0.15) is 0 Å². The van der Waals surface area contributed by atoms with Crippen LogP contribution in [0.2, 0.25) is 0 Å². The van der Waals surface area contributed by atoms with Gasteiger partial charge in [0.15, 0.2) is 0 Å². The average molecular weight is 562 g/mol. The normalized spacial score (nSPS) is 13.4. The van der Waals surface area contributed by atoms with Gasteiger partial charge in [0.2, 0.25) is 0 Å². The zero-order valence-electron chi connectivity index (χ0n) is 23.9. The van der Waals surface area contributed by atoms with E-state index in [1.165, 1.54) is 44.5 Å². The Hall–Kier alpha value is -5.73. The van der Waals surface area contributed by atoms with E-state index >= 15 is 0 Å². The summed E-state index contributed by atoms with van der Waals surface area (Å²) in [5, 5.41) is 0.